The largest absolute Gasteiger partial charge is 0.356 e. The van der Waals surface area contributed by atoms with Gasteiger partial charge in [-0.15, -0.1) is 0 Å². The molecule has 1 unspecified atom stereocenters. The minimum atomic E-state index is -0.515. The Hall–Kier alpha value is -3.33. The van der Waals surface area contributed by atoms with Crippen LogP contribution in [0.2, 0.25) is 5.02 Å². The number of rotatable bonds is 3. The van der Waals surface area contributed by atoms with Crippen molar-refractivity contribution in [1.29, 1.82) is 0 Å². The van der Waals surface area contributed by atoms with Gasteiger partial charge < -0.3 is 14.8 Å². The van der Waals surface area contributed by atoms with Crippen LogP contribution in [0.5, 0.6) is 0 Å². The van der Waals surface area contributed by atoms with Crippen LogP contribution in [0.4, 0.5) is 20.7 Å². The van der Waals surface area contributed by atoms with Gasteiger partial charge in [0, 0.05) is 55.2 Å². The molecular weight excluding hydrogens is 424 g/mol. The molecule has 4 aromatic rings. The molecule has 1 N–H and O–H groups in total. The predicted molar refractivity (Wildman–Crippen MR) is 115 cm³/mol. The zero-order valence-corrected chi connectivity index (χ0v) is 17.5. The third-order valence-electron chi connectivity index (χ3n) is 5.42. The van der Waals surface area contributed by atoms with Crippen molar-refractivity contribution >= 4 is 34.4 Å². The molecule has 1 aliphatic heterocycles. The van der Waals surface area contributed by atoms with Crippen LogP contribution in [0, 0.1) is 11.6 Å². The zero-order valence-electron chi connectivity index (χ0n) is 16.8. The number of halogens is 3. The molecule has 1 atom stereocenters. The van der Waals surface area contributed by atoms with Crippen LogP contribution in [0.3, 0.4) is 0 Å². The van der Waals surface area contributed by atoms with Gasteiger partial charge in [-0.05, 0) is 24.1 Å². The van der Waals surface area contributed by atoms with Crippen molar-refractivity contribution in [2.75, 3.05) is 30.4 Å². The zero-order chi connectivity index (χ0) is 21.7. The Morgan fingerprint density at radius 2 is 1.77 bits per heavy atom. The number of aromatic amines is 1. The van der Waals surface area contributed by atoms with Gasteiger partial charge in [0.2, 0.25) is 11.9 Å². The minimum absolute atomic E-state index is 0.0776. The Balaban J connectivity index is 1.70. The molecule has 7 nitrogen and oxygen atoms in total. The van der Waals surface area contributed by atoms with E-state index in [1.165, 1.54) is 6.07 Å². The van der Waals surface area contributed by atoms with E-state index in [1.807, 2.05) is 19.0 Å². The van der Waals surface area contributed by atoms with E-state index in [1.54, 1.807) is 23.4 Å². The Labute approximate surface area is 181 Å². The summed E-state index contributed by atoms with van der Waals surface area (Å²) in [5.41, 5.74) is 3.06. The third kappa shape index (κ3) is 3.25. The molecule has 3 aromatic heterocycles. The highest BCUT2D eigenvalue weighted by Gasteiger charge is 2.34. The van der Waals surface area contributed by atoms with Gasteiger partial charge in [0.25, 0.3) is 0 Å². The van der Waals surface area contributed by atoms with Gasteiger partial charge >= 0.3 is 0 Å². The second-order valence-corrected chi connectivity index (χ2v) is 7.97. The molecule has 0 bridgehead atoms. The average molecular weight is 442 g/mol. The van der Waals surface area contributed by atoms with Crippen molar-refractivity contribution in [3.05, 3.63) is 70.4 Å². The summed E-state index contributed by atoms with van der Waals surface area (Å²) in [6, 6.07) is 2.89. The molecular formula is C21H18ClF2N7. The second kappa shape index (κ2) is 7.42. The summed E-state index contributed by atoms with van der Waals surface area (Å²) in [7, 11) is 3.72. The van der Waals surface area contributed by atoms with Crippen molar-refractivity contribution < 1.29 is 8.78 Å². The van der Waals surface area contributed by atoms with Gasteiger partial charge in [0.15, 0.2) is 11.6 Å². The molecule has 0 spiro atoms. The van der Waals surface area contributed by atoms with Gasteiger partial charge in [-0.3, -0.25) is 0 Å². The molecule has 0 amide bonds. The third-order valence-corrected chi connectivity index (χ3v) is 5.71. The summed E-state index contributed by atoms with van der Waals surface area (Å²) >= 11 is 6.05. The van der Waals surface area contributed by atoms with Crippen LogP contribution in [-0.2, 0) is 6.42 Å². The summed E-state index contributed by atoms with van der Waals surface area (Å²) in [5, 5.41) is 0.562. The minimum Gasteiger partial charge on any atom is -0.356 e. The number of nitrogens with zero attached hydrogens (tertiary/aromatic N) is 6. The van der Waals surface area contributed by atoms with E-state index in [0.717, 1.165) is 29.2 Å². The van der Waals surface area contributed by atoms with Crippen LogP contribution < -0.4 is 9.80 Å². The Morgan fingerprint density at radius 3 is 2.45 bits per heavy atom. The number of benzene rings is 1. The fraction of sp³-hybridized carbons (Fsp3) is 0.238. The van der Waals surface area contributed by atoms with Gasteiger partial charge in [0.05, 0.1) is 17.4 Å². The van der Waals surface area contributed by atoms with Crippen molar-refractivity contribution in [2.45, 2.75) is 12.5 Å². The SMILES string of the molecule is CN(C)c1ncc(C2c3[nH]c4ccc(Cl)c(F)c4c3CCN2c2ncc(F)cn2)cn1. The standard InChI is InChI=1S/C21H18ClF2N7/c1-30(2)20-25-7-11(8-26-20)19-18-13(16-15(29-18)4-3-14(22)17(16)24)5-6-31(19)21-27-9-12(23)10-28-21/h3-4,7-10,19,29H,5-6H2,1-2H3. The molecule has 0 radical (unpaired) electrons. The van der Waals surface area contributed by atoms with E-state index in [0.29, 0.717) is 35.8 Å². The summed E-state index contributed by atoms with van der Waals surface area (Å²) in [6.45, 7) is 0.498. The van der Waals surface area contributed by atoms with Crippen LogP contribution in [0.15, 0.2) is 36.9 Å². The van der Waals surface area contributed by atoms with Gasteiger partial charge in [-0.1, -0.05) is 11.6 Å². The Bertz CT molecular complexity index is 1260. The highest BCUT2D eigenvalue weighted by molar-refractivity contribution is 6.31. The smallest absolute Gasteiger partial charge is 0.226 e. The summed E-state index contributed by atoms with van der Waals surface area (Å²) in [6.07, 6.45) is 6.26. The first-order valence-electron chi connectivity index (χ1n) is 9.66. The van der Waals surface area contributed by atoms with Crippen molar-refractivity contribution in [3.63, 3.8) is 0 Å². The molecule has 10 heteroatoms. The number of H-pyrrole nitrogens is 1. The number of aromatic nitrogens is 5. The summed E-state index contributed by atoms with van der Waals surface area (Å²) in [4.78, 5) is 24.3. The number of anilines is 2. The highest BCUT2D eigenvalue weighted by atomic mass is 35.5. The maximum atomic E-state index is 14.9. The van der Waals surface area contributed by atoms with Crippen LogP contribution >= 0.6 is 11.6 Å². The van der Waals surface area contributed by atoms with Gasteiger partial charge in [0.1, 0.15) is 6.04 Å². The Kier molecular flexibility index (Phi) is 4.70. The average Bonchev–Trinajstić information content (AvgIpc) is 3.15. The first-order valence-corrected chi connectivity index (χ1v) is 10.0. The van der Waals surface area contributed by atoms with Gasteiger partial charge in [-0.2, -0.15) is 0 Å². The molecule has 0 saturated heterocycles. The normalized spacial score (nSPS) is 15.9. The number of fused-ring (bicyclic) bond motifs is 3. The number of nitrogens with one attached hydrogen (secondary N) is 1. The molecule has 158 valence electrons. The first-order chi connectivity index (χ1) is 14.9. The quantitative estimate of drug-likeness (QED) is 0.520. The molecule has 0 aliphatic carbocycles. The van der Waals surface area contributed by atoms with Gasteiger partial charge in [-0.25, -0.2) is 28.7 Å². The van der Waals surface area contributed by atoms with Crippen molar-refractivity contribution in [1.82, 2.24) is 24.9 Å². The van der Waals surface area contributed by atoms with E-state index >= 15 is 0 Å². The molecule has 0 saturated carbocycles. The molecule has 1 aromatic carbocycles. The lowest BCUT2D eigenvalue weighted by Crippen LogP contribution is -2.37. The van der Waals surface area contributed by atoms with E-state index in [2.05, 4.69) is 24.9 Å². The van der Waals surface area contributed by atoms with E-state index in [9.17, 15) is 8.78 Å². The van der Waals surface area contributed by atoms with E-state index in [4.69, 9.17) is 11.6 Å². The van der Waals surface area contributed by atoms with E-state index < -0.39 is 17.7 Å². The number of hydrogen-bond donors (Lipinski definition) is 1. The van der Waals surface area contributed by atoms with Crippen LogP contribution in [0.25, 0.3) is 10.9 Å². The second-order valence-electron chi connectivity index (χ2n) is 7.56. The van der Waals surface area contributed by atoms with Crippen molar-refractivity contribution in [3.8, 4) is 0 Å². The molecule has 0 fully saturated rings. The lowest BCUT2D eigenvalue weighted by Gasteiger charge is -2.35. The fourth-order valence-electron chi connectivity index (χ4n) is 4.03. The summed E-state index contributed by atoms with van der Waals surface area (Å²) in [5.74, 6) is -0.0233. The fourth-order valence-corrected chi connectivity index (χ4v) is 4.19. The highest BCUT2D eigenvalue weighted by Crippen LogP contribution is 2.41. The van der Waals surface area contributed by atoms with E-state index in [-0.39, 0.29) is 5.02 Å². The lowest BCUT2D eigenvalue weighted by molar-refractivity contribution is 0.594. The molecule has 1 aliphatic rings. The van der Waals surface area contributed by atoms with Crippen LogP contribution in [0.1, 0.15) is 22.9 Å². The molecule has 4 heterocycles. The maximum Gasteiger partial charge on any atom is 0.226 e. The molecule has 31 heavy (non-hydrogen) atoms. The monoisotopic (exact) mass is 441 g/mol. The summed E-state index contributed by atoms with van der Waals surface area (Å²) < 4.78 is 28.3. The lowest BCUT2D eigenvalue weighted by atomic mass is 9.94. The molecule has 5 rings (SSSR count). The Morgan fingerprint density at radius 1 is 1.06 bits per heavy atom. The maximum absolute atomic E-state index is 14.9. The number of hydrogen-bond acceptors (Lipinski definition) is 6. The van der Waals surface area contributed by atoms with Crippen LogP contribution in [-0.4, -0.2) is 45.6 Å². The first kappa shape index (κ1) is 19.6. The van der Waals surface area contributed by atoms with Crippen molar-refractivity contribution in [2.24, 2.45) is 0 Å². The topological polar surface area (TPSA) is 73.8 Å². The predicted octanol–water partition coefficient (Wildman–Crippen LogP) is 3.90.